The summed E-state index contributed by atoms with van der Waals surface area (Å²) in [6.45, 7) is 3.08. The monoisotopic (exact) mass is 367 g/mol. The van der Waals surface area contributed by atoms with Gasteiger partial charge >= 0.3 is 0 Å². The van der Waals surface area contributed by atoms with Crippen molar-refractivity contribution in [2.45, 2.75) is 25.8 Å². The van der Waals surface area contributed by atoms with Crippen molar-refractivity contribution < 1.29 is 4.79 Å². The van der Waals surface area contributed by atoms with Crippen molar-refractivity contribution in [3.8, 4) is 11.1 Å². The molecule has 3 aromatic carbocycles. The lowest BCUT2D eigenvalue weighted by Gasteiger charge is -2.37. The van der Waals surface area contributed by atoms with Gasteiger partial charge in [0, 0.05) is 17.8 Å². The first-order chi connectivity index (χ1) is 13.8. The van der Waals surface area contributed by atoms with Crippen LogP contribution in [0.2, 0.25) is 0 Å². The number of aldehydes is 1. The minimum Gasteiger partial charge on any atom is -0.357 e. The number of fused-ring (bicyclic) bond motifs is 3. The molecule has 0 aromatic heterocycles. The third-order valence-corrected chi connectivity index (χ3v) is 5.38. The first-order valence-electron chi connectivity index (χ1n) is 10.00. The predicted octanol–water partition coefficient (Wildman–Crippen LogP) is 6.38. The number of hydrogen-bond acceptors (Lipinski definition) is 2. The van der Waals surface area contributed by atoms with Crippen LogP contribution in [0.4, 0.5) is 5.69 Å². The molecule has 3 aromatic rings. The molecule has 28 heavy (non-hydrogen) atoms. The van der Waals surface area contributed by atoms with Crippen molar-refractivity contribution in [2.24, 2.45) is 0 Å². The molecule has 0 fully saturated rings. The van der Waals surface area contributed by atoms with Crippen molar-refractivity contribution >= 4 is 24.1 Å². The van der Waals surface area contributed by atoms with Crippen molar-refractivity contribution in [3.05, 3.63) is 89.5 Å². The highest BCUT2D eigenvalue weighted by molar-refractivity contribution is 5.91. The van der Waals surface area contributed by atoms with Crippen LogP contribution in [0.5, 0.6) is 0 Å². The van der Waals surface area contributed by atoms with Crippen LogP contribution in [-0.4, -0.2) is 12.8 Å². The van der Waals surface area contributed by atoms with Crippen LogP contribution in [0, 0.1) is 0 Å². The van der Waals surface area contributed by atoms with E-state index in [2.05, 4.69) is 72.5 Å². The molecule has 0 saturated carbocycles. The summed E-state index contributed by atoms with van der Waals surface area (Å²) in [5.41, 5.74) is 6.98. The van der Waals surface area contributed by atoms with Gasteiger partial charge < -0.3 is 9.69 Å². The summed E-state index contributed by atoms with van der Waals surface area (Å²) in [6, 6.07) is 25.0. The Morgan fingerprint density at radius 1 is 0.857 bits per heavy atom. The standard InChI is InChI=1S/C26H25NO/c1-2-3-17-27-25-16-15-21(14-13-20-9-5-4-6-10-20)18-24(25)22-11-7-8-12-23(22)26(27)19-28/h4-16,18-19,26H,2-3,17H2,1H3. The number of nitrogens with zero attached hydrogens (tertiary/aromatic N) is 1. The molecule has 1 unspecified atom stereocenters. The van der Waals surface area contributed by atoms with Gasteiger partial charge in [-0.05, 0) is 40.8 Å². The summed E-state index contributed by atoms with van der Waals surface area (Å²) in [4.78, 5) is 14.2. The van der Waals surface area contributed by atoms with E-state index in [4.69, 9.17) is 0 Å². The maximum Gasteiger partial charge on any atom is 0.147 e. The lowest BCUT2D eigenvalue weighted by molar-refractivity contribution is -0.109. The second-order valence-corrected chi connectivity index (χ2v) is 7.24. The molecule has 1 atom stereocenters. The summed E-state index contributed by atoms with van der Waals surface area (Å²) in [5, 5.41) is 0. The Morgan fingerprint density at radius 3 is 2.39 bits per heavy atom. The minimum atomic E-state index is -0.207. The summed E-state index contributed by atoms with van der Waals surface area (Å²) < 4.78 is 0. The molecule has 140 valence electrons. The van der Waals surface area contributed by atoms with Crippen LogP contribution in [0.1, 0.15) is 42.5 Å². The maximum atomic E-state index is 12.0. The van der Waals surface area contributed by atoms with E-state index in [1.807, 2.05) is 24.3 Å². The average Bonchev–Trinajstić information content (AvgIpc) is 2.76. The zero-order valence-electron chi connectivity index (χ0n) is 16.2. The van der Waals surface area contributed by atoms with Crippen LogP contribution in [0.3, 0.4) is 0 Å². The molecule has 0 spiro atoms. The van der Waals surface area contributed by atoms with Gasteiger partial charge in [0.2, 0.25) is 0 Å². The fourth-order valence-electron chi connectivity index (χ4n) is 3.93. The van der Waals surface area contributed by atoms with E-state index in [1.54, 1.807) is 0 Å². The molecule has 0 saturated heterocycles. The van der Waals surface area contributed by atoms with Crippen LogP contribution in [-0.2, 0) is 4.79 Å². The maximum absolute atomic E-state index is 12.0. The lowest BCUT2D eigenvalue weighted by Crippen LogP contribution is -2.34. The molecular weight excluding hydrogens is 342 g/mol. The average molecular weight is 367 g/mol. The number of benzene rings is 3. The molecule has 1 aliphatic rings. The second kappa shape index (κ2) is 8.26. The first kappa shape index (κ1) is 18.2. The highest BCUT2D eigenvalue weighted by atomic mass is 16.1. The zero-order valence-corrected chi connectivity index (χ0v) is 16.2. The minimum absolute atomic E-state index is 0.207. The smallest absolute Gasteiger partial charge is 0.147 e. The van der Waals surface area contributed by atoms with Gasteiger partial charge in [-0.25, -0.2) is 0 Å². The van der Waals surface area contributed by atoms with E-state index >= 15 is 0 Å². The normalized spacial score (nSPS) is 15.3. The molecule has 0 bridgehead atoms. The number of unbranched alkanes of at least 4 members (excludes halogenated alkanes) is 1. The molecule has 0 amide bonds. The quantitative estimate of drug-likeness (QED) is 0.372. The molecule has 0 N–H and O–H groups in total. The Kier molecular flexibility index (Phi) is 5.38. The number of carbonyl (C=O) groups excluding carboxylic acids is 1. The third-order valence-electron chi connectivity index (χ3n) is 5.38. The van der Waals surface area contributed by atoms with Crippen molar-refractivity contribution in [1.82, 2.24) is 0 Å². The zero-order chi connectivity index (χ0) is 19.3. The van der Waals surface area contributed by atoms with Gasteiger partial charge in [0.25, 0.3) is 0 Å². The fourth-order valence-corrected chi connectivity index (χ4v) is 3.93. The number of anilines is 1. The predicted molar refractivity (Wildman–Crippen MR) is 118 cm³/mol. The number of rotatable bonds is 6. The second-order valence-electron chi connectivity index (χ2n) is 7.24. The molecular formula is C26H25NO. The fraction of sp³-hybridized carbons (Fsp3) is 0.192. The number of hydrogen-bond donors (Lipinski definition) is 0. The molecule has 1 aliphatic heterocycles. The topological polar surface area (TPSA) is 20.3 Å². The van der Waals surface area contributed by atoms with Gasteiger partial charge in [0.1, 0.15) is 12.3 Å². The SMILES string of the molecule is CCCCN1c2ccc(C=Cc3ccccc3)cc2-c2ccccc2C1C=O. The summed E-state index contributed by atoms with van der Waals surface area (Å²) in [5.74, 6) is 0. The van der Waals surface area contributed by atoms with Crippen LogP contribution >= 0.6 is 0 Å². The number of carbonyl (C=O) groups is 1. The third kappa shape index (κ3) is 3.50. The van der Waals surface area contributed by atoms with Crippen molar-refractivity contribution in [2.75, 3.05) is 11.4 Å². The Hall–Kier alpha value is -3.13. The van der Waals surface area contributed by atoms with E-state index < -0.39 is 0 Å². The molecule has 0 aliphatic carbocycles. The van der Waals surface area contributed by atoms with Gasteiger partial charge in [0.05, 0.1) is 0 Å². The molecule has 0 radical (unpaired) electrons. The van der Waals surface area contributed by atoms with Crippen molar-refractivity contribution in [1.29, 1.82) is 0 Å². The summed E-state index contributed by atoms with van der Waals surface area (Å²) in [6.07, 6.45) is 7.55. The molecule has 2 heteroatoms. The summed E-state index contributed by atoms with van der Waals surface area (Å²) >= 11 is 0. The van der Waals surface area contributed by atoms with Gasteiger partial charge in [0.15, 0.2) is 0 Å². The Balaban J connectivity index is 1.77. The van der Waals surface area contributed by atoms with Gasteiger partial charge in [-0.3, -0.25) is 0 Å². The Bertz CT molecular complexity index is 990. The van der Waals surface area contributed by atoms with Gasteiger partial charge in [-0.1, -0.05) is 86.2 Å². The van der Waals surface area contributed by atoms with E-state index in [0.717, 1.165) is 48.1 Å². The largest absolute Gasteiger partial charge is 0.357 e. The first-order valence-corrected chi connectivity index (χ1v) is 10.00. The lowest BCUT2D eigenvalue weighted by atomic mass is 9.87. The summed E-state index contributed by atoms with van der Waals surface area (Å²) in [7, 11) is 0. The molecule has 1 heterocycles. The Morgan fingerprint density at radius 2 is 1.61 bits per heavy atom. The van der Waals surface area contributed by atoms with E-state index in [1.165, 1.54) is 11.1 Å². The molecule has 2 nitrogen and oxygen atoms in total. The van der Waals surface area contributed by atoms with Crippen molar-refractivity contribution in [3.63, 3.8) is 0 Å². The Labute approximate surface area is 167 Å². The van der Waals surface area contributed by atoms with Gasteiger partial charge in [-0.2, -0.15) is 0 Å². The van der Waals surface area contributed by atoms with Crippen LogP contribution in [0.15, 0.2) is 72.8 Å². The highest BCUT2D eigenvalue weighted by Crippen LogP contribution is 2.44. The molecule has 4 rings (SSSR count). The highest BCUT2D eigenvalue weighted by Gasteiger charge is 2.30. The van der Waals surface area contributed by atoms with Gasteiger partial charge in [-0.15, -0.1) is 0 Å². The van der Waals surface area contributed by atoms with E-state index in [-0.39, 0.29) is 6.04 Å². The van der Waals surface area contributed by atoms with E-state index in [9.17, 15) is 4.79 Å². The van der Waals surface area contributed by atoms with Crippen LogP contribution < -0.4 is 4.90 Å². The van der Waals surface area contributed by atoms with E-state index in [0.29, 0.717) is 0 Å². The van der Waals surface area contributed by atoms with Crippen LogP contribution in [0.25, 0.3) is 23.3 Å².